The van der Waals surface area contributed by atoms with Gasteiger partial charge in [-0.2, -0.15) is 0 Å². The van der Waals surface area contributed by atoms with E-state index in [0.717, 1.165) is 19.3 Å². The SMILES string of the molecule is CC(C)C(=O)NCCNC(=O)C12CC3CC(C1)CC(c1ccccc1)(C3)C2. The minimum Gasteiger partial charge on any atom is -0.354 e. The molecule has 4 bridgehead atoms. The third kappa shape index (κ3) is 3.39. The van der Waals surface area contributed by atoms with Gasteiger partial charge >= 0.3 is 0 Å². The maximum Gasteiger partial charge on any atom is 0.226 e. The highest BCUT2D eigenvalue weighted by atomic mass is 16.2. The molecule has 0 radical (unpaired) electrons. The van der Waals surface area contributed by atoms with E-state index in [1.54, 1.807) is 0 Å². The molecule has 4 nitrogen and oxygen atoms in total. The summed E-state index contributed by atoms with van der Waals surface area (Å²) in [6, 6.07) is 10.9. The Kier molecular flexibility index (Phi) is 4.77. The number of hydrogen-bond acceptors (Lipinski definition) is 2. The van der Waals surface area contributed by atoms with E-state index < -0.39 is 0 Å². The Labute approximate surface area is 162 Å². The average Bonchev–Trinajstić information content (AvgIpc) is 2.64. The number of hydrogen-bond donors (Lipinski definition) is 2. The first-order valence-corrected chi connectivity index (χ1v) is 10.5. The third-order valence-electron chi connectivity index (χ3n) is 7.16. The van der Waals surface area contributed by atoms with Crippen LogP contribution in [0.5, 0.6) is 0 Å². The van der Waals surface area contributed by atoms with Crippen molar-refractivity contribution < 1.29 is 9.59 Å². The highest BCUT2D eigenvalue weighted by Crippen LogP contribution is 2.65. The van der Waals surface area contributed by atoms with Gasteiger partial charge in [0.1, 0.15) is 0 Å². The molecule has 1 aromatic carbocycles. The van der Waals surface area contributed by atoms with Gasteiger partial charge in [0.05, 0.1) is 5.41 Å². The maximum absolute atomic E-state index is 13.2. The van der Waals surface area contributed by atoms with Crippen LogP contribution in [0.2, 0.25) is 0 Å². The molecule has 146 valence electrons. The molecule has 4 heteroatoms. The summed E-state index contributed by atoms with van der Waals surface area (Å²) in [6.45, 7) is 4.79. The van der Waals surface area contributed by atoms with Crippen LogP contribution < -0.4 is 10.6 Å². The lowest BCUT2D eigenvalue weighted by molar-refractivity contribution is -0.149. The van der Waals surface area contributed by atoms with Crippen molar-refractivity contribution in [3.8, 4) is 0 Å². The van der Waals surface area contributed by atoms with Gasteiger partial charge in [0.2, 0.25) is 11.8 Å². The molecule has 27 heavy (non-hydrogen) atoms. The van der Waals surface area contributed by atoms with Crippen LogP contribution >= 0.6 is 0 Å². The van der Waals surface area contributed by atoms with Crippen LogP contribution in [0.3, 0.4) is 0 Å². The number of amides is 2. The van der Waals surface area contributed by atoms with Gasteiger partial charge in [-0.1, -0.05) is 44.2 Å². The number of rotatable bonds is 6. The summed E-state index contributed by atoms with van der Waals surface area (Å²) in [5.74, 6) is 1.60. The molecule has 2 unspecified atom stereocenters. The van der Waals surface area contributed by atoms with Crippen LogP contribution in [0.25, 0.3) is 0 Å². The van der Waals surface area contributed by atoms with Crippen molar-refractivity contribution in [1.29, 1.82) is 0 Å². The van der Waals surface area contributed by atoms with E-state index in [0.29, 0.717) is 24.9 Å². The lowest BCUT2D eigenvalue weighted by atomic mass is 9.42. The summed E-state index contributed by atoms with van der Waals surface area (Å²) in [6.07, 6.45) is 6.86. The monoisotopic (exact) mass is 368 g/mol. The Hall–Kier alpha value is -1.84. The first-order chi connectivity index (χ1) is 12.9. The summed E-state index contributed by atoms with van der Waals surface area (Å²) in [5.41, 5.74) is 1.41. The Balaban J connectivity index is 1.45. The average molecular weight is 369 g/mol. The summed E-state index contributed by atoms with van der Waals surface area (Å²) in [4.78, 5) is 24.9. The van der Waals surface area contributed by atoms with Crippen LogP contribution in [0.4, 0.5) is 0 Å². The van der Waals surface area contributed by atoms with Crippen LogP contribution in [-0.2, 0) is 15.0 Å². The van der Waals surface area contributed by atoms with E-state index >= 15 is 0 Å². The third-order valence-corrected chi connectivity index (χ3v) is 7.16. The molecule has 0 spiro atoms. The molecule has 2 amide bonds. The van der Waals surface area contributed by atoms with Gasteiger partial charge in [-0.05, 0) is 61.3 Å². The first-order valence-electron chi connectivity index (χ1n) is 10.5. The second-order valence-corrected chi connectivity index (χ2v) is 9.59. The van der Waals surface area contributed by atoms with E-state index in [4.69, 9.17) is 0 Å². The van der Waals surface area contributed by atoms with E-state index in [1.807, 2.05) is 13.8 Å². The lowest BCUT2D eigenvalue weighted by Crippen LogP contribution is -2.59. The molecular formula is C23H32N2O2. The second-order valence-electron chi connectivity index (χ2n) is 9.59. The predicted octanol–water partition coefficient (Wildman–Crippen LogP) is 3.41. The molecule has 4 aliphatic carbocycles. The highest BCUT2D eigenvalue weighted by molar-refractivity contribution is 5.83. The molecular weight excluding hydrogens is 336 g/mol. The zero-order valence-electron chi connectivity index (χ0n) is 16.6. The molecule has 4 saturated carbocycles. The minimum atomic E-state index is -0.206. The van der Waals surface area contributed by atoms with Crippen molar-refractivity contribution in [3.05, 3.63) is 35.9 Å². The second kappa shape index (κ2) is 6.96. The largest absolute Gasteiger partial charge is 0.354 e. The maximum atomic E-state index is 13.2. The number of carbonyl (C=O) groups excluding carboxylic acids is 2. The van der Waals surface area contributed by atoms with Crippen LogP contribution in [0.1, 0.15) is 57.9 Å². The minimum absolute atomic E-state index is 0.0189. The zero-order valence-corrected chi connectivity index (χ0v) is 16.6. The highest BCUT2D eigenvalue weighted by Gasteiger charge is 2.60. The number of benzene rings is 1. The molecule has 2 atom stereocenters. The van der Waals surface area contributed by atoms with Crippen LogP contribution in [-0.4, -0.2) is 24.9 Å². The molecule has 1 aromatic rings. The fourth-order valence-corrected chi connectivity index (χ4v) is 6.41. The number of carbonyl (C=O) groups is 2. The Morgan fingerprint density at radius 1 is 1.00 bits per heavy atom. The summed E-state index contributed by atoms with van der Waals surface area (Å²) in [7, 11) is 0. The van der Waals surface area contributed by atoms with Gasteiger partial charge in [0.25, 0.3) is 0 Å². The van der Waals surface area contributed by atoms with Crippen molar-refractivity contribution in [2.45, 2.75) is 57.8 Å². The van der Waals surface area contributed by atoms with Crippen LogP contribution in [0, 0.1) is 23.2 Å². The lowest BCUT2D eigenvalue weighted by Gasteiger charge is -2.61. The summed E-state index contributed by atoms with van der Waals surface area (Å²) >= 11 is 0. The van der Waals surface area contributed by atoms with E-state index in [1.165, 1.54) is 24.8 Å². The van der Waals surface area contributed by atoms with Crippen molar-refractivity contribution in [3.63, 3.8) is 0 Å². The standard InChI is InChI=1S/C23H32N2O2/c1-16(2)20(26)24-8-9-25-21(27)23-13-17-10-18(14-23)12-22(11-17,15-23)19-6-4-3-5-7-19/h3-7,16-18H,8-15H2,1-2H3,(H,24,26)(H,25,27). The van der Waals surface area contributed by atoms with Crippen molar-refractivity contribution in [2.24, 2.45) is 23.2 Å². The molecule has 0 saturated heterocycles. The van der Waals surface area contributed by atoms with Gasteiger partial charge in [0, 0.05) is 19.0 Å². The van der Waals surface area contributed by atoms with Gasteiger partial charge < -0.3 is 10.6 Å². The van der Waals surface area contributed by atoms with Crippen molar-refractivity contribution >= 4 is 11.8 Å². The van der Waals surface area contributed by atoms with E-state index in [-0.39, 0.29) is 28.6 Å². The van der Waals surface area contributed by atoms with Gasteiger partial charge in [-0.15, -0.1) is 0 Å². The fraction of sp³-hybridized carbons (Fsp3) is 0.652. The molecule has 4 aliphatic rings. The predicted molar refractivity (Wildman–Crippen MR) is 106 cm³/mol. The van der Waals surface area contributed by atoms with Crippen LogP contribution in [0.15, 0.2) is 30.3 Å². The normalized spacial score (nSPS) is 33.9. The van der Waals surface area contributed by atoms with E-state index in [9.17, 15) is 9.59 Å². The number of nitrogens with one attached hydrogen (secondary N) is 2. The van der Waals surface area contributed by atoms with E-state index in [2.05, 4.69) is 41.0 Å². The van der Waals surface area contributed by atoms with Crippen molar-refractivity contribution in [2.75, 3.05) is 13.1 Å². The molecule has 4 fully saturated rings. The topological polar surface area (TPSA) is 58.2 Å². The molecule has 2 N–H and O–H groups in total. The Morgan fingerprint density at radius 3 is 2.26 bits per heavy atom. The van der Waals surface area contributed by atoms with Gasteiger partial charge in [0.15, 0.2) is 0 Å². The summed E-state index contributed by atoms with van der Waals surface area (Å²) in [5, 5.41) is 6.04. The first kappa shape index (κ1) is 18.5. The molecule has 5 rings (SSSR count). The Morgan fingerprint density at radius 2 is 1.63 bits per heavy atom. The molecule has 0 heterocycles. The smallest absolute Gasteiger partial charge is 0.226 e. The van der Waals surface area contributed by atoms with Crippen molar-refractivity contribution in [1.82, 2.24) is 10.6 Å². The fourth-order valence-electron chi connectivity index (χ4n) is 6.41. The van der Waals surface area contributed by atoms with Gasteiger partial charge in [-0.25, -0.2) is 0 Å². The molecule has 0 aromatic heterocycles. The quantitative estimate of drug-likeness (QED) is 0.756. The zero-order chi connectivity index (χ0) is 19.1. The summed E-state index contributed by atoms with van der Waals surface area (Å²) < 4.78 is 0. The van der Waals surface area contributed by atoms with Gasteiger partial charge in [-0.3, -0.25) is 9.59 Å². The molecule has 0 aliphatic heterocycles. The Bertz CT molecular complexity index is 698.